The number of amides is 1. The lowest BCUT2D eigenvalue weighted by Crippen LogP contribution is -2.44. The minimum absolute atomic E-state index is 0.0459. The fourth-order valence-electron chi connectivity index (χ4n) is 2.39. The molecule has 0 saturated carbocycles. The van der Waals surface area contributed by atoms with Crippen LogP contribution in [0.2, 0.25) is 0 Å². The Kier molecular flexibility index (Phi) is 5.15. The number of esters is 1. The van der Waals surface area contributed by atoms with Crippen LogP contribution in [0.3, 0.4) is 0 Å². The summed E-state index contributed by atoms with van der Waals surface area (Å²) in [7, 11) is 0. The minimum atomic E-state index is -0.520. The van der Waals surface area contributed by atoms with Gasteiger partial charge in [0.15, 0.2) is 0 Å². The molecule has 2 unspecified atom stereocenters. The van der Waals surface area contributed by atoms with Crippen molar-refractivity contribution in [2.75, 3.05) is 6.54 Å². The first kappa shape index (κ1) is 15.7. The number of nitrogens with zero attached hydrogens (tertiary/aromatic N) is 1. The number of carbonyl (C=O) groups is 2. The van der Waals surface area contributed by atoms with Crippen molar-refractivity contribution in [1.82, 2.24) is 4.90 Å². The molecule has 1 saturated heterocycles. The number of allylic oxidation sites excluding steroid dienone is 1. The summed E-state index contributed by atoms with van der Waals surface area (Å²) in [4.78, 5) is 25.8. The zero-order chi connectivity index (χ0) is 14.6. The molecule has 1 aliphatic rings. The lowest BCUT2D eigenvalue weighted by Gasteiger charge is -2.29. The summed E-state index contributed by atoms with van der Waals surface area (Å²) in [5.41, 5.74) is -0.520. The standard InChI is InChI=1S/C15H25NO3/c1-6-8-11-9-13(17)16(10-11)12(7-2)14(18)19-15(3,4)5/h6,11-12H,1,7-10H2,2-5H3. The molecule has 0 bridgehead atoms. The van der Waals surface area contributed by atoms with Crippen molar-refractivity contribution in [3.63, 3.8) is 0 Å². The molecule has 1 rings (SSSR count). The van der Waals surface area contributed by atoms with E-state index in [9.17, 15) is 9.59 Å². The predicted octanol–water partition coefficient (Wildman–Crippen LogP) is 2.53. The minimum Gasteiger partial charge on any atom is -0.458 e. The van der Waals surface area contributed by atoms with E-state index < -0.39 is 11.6 Å². The van der Waals surface area contributed by atoms with Gasteiger partial charge in [0, 0.05) is 13.0 Å². The Morgan fingerprint density at radius 1 is 1.58 bits per heavy atom. The molecular formula is C15H25NO3. The van der Waals surface area contributed by atoms with Gasteiger partial charge in [0.05, 0.1) is 0 Å². The van der Waals surface area contributed by atoms with E-state index in [0.29, 0.717) is 19.4 Å². The molecule has 0 aliphatic carbocycles. The molecule has 0 aromatic heterocycles. The van der Waals surface area contributed by atoms with E-state index >= 15 is 0 Å². The Morgan fingerprint density at radius 2 is 2.21 bits per heavy atom. The molecule has 1 fully saturated rings. The van der Waals surface area contributed by atoms with Gasteiger partial charge in [0.1, 0.15) is 11.6 Å². The highest BCUT2D eigenvalue weighted by Gasteiger charge is 2.37. The fourth-order valence-corrected chi connectivity index (χ4v) is 2.39. The zero-order valence-electron chi connectivity index (χ0n) is 12.4. The van der Waals surface area contributed by atoms with Crippen molar-refractivity contribution in [2.45, 2.75) is 58.6 Å². The third-order valence-electron chi connectivity index (χ3n) is 3.18. The number of carbonyl (C=O) groups excluding carboxylic acids is 2. The molecule has 2 atom stereocenters. The summed E-state index contributed by atoms with van der Waals surface area (Å²) in [6.45, 7) is 11.7. The highest BCUT2D eigenvalue weighted by atomic mass is 16.6. The van der Waals surface area contributed by atoms with Gasteiger partial charge in [0.2, 0.25) is 5.91 Å². The first-order chi connectivity index (χ1) is 8.78. The topological polar surface area (TPSA) is 46.6 Å². The molecule has 0 spiro atoms. The van der Waals surface area contributed by atoms with Crippen molar-refractivity contribution >= 4 is 11.9 Å². The molecular weight excluding hydrogens is 242 g/mol. The maximum absolute atomic E-state index is 12.2. The fraction of sp³-hybridized carbons (Fsp3) is 0.733. The normalized spacial score (nSPS) is 21.4. The maximum atomic E-state index is 12.2. The summed E-state index contributed by atoms with van der Waals surface area (Å²) in [6.07, 6.45) is 3.73. The molecule has 0 aromatic carbocycles. The summed E-state index contributed by atoms with van der Waals surface area (Å²) in [5.74, 6) is 0.0219. The predicted molar refractivity (Wildman–Crippen MR) is 74.6 cm³/mol. The molecule has 0 aromatic rings. The molecule has 0 N–H and O–H groups in total. The van der Waals surface area contributed by atoms with Crippen LogP contribution in [0.25, 0.3) is 0 Å². The van der Waals surface area contributed by atoms with Crippen LogP contribution >= 0.6 is 0 Å². The van der Waals surface area contributed by atoms with E-state index in [-0.39, 0.29) is 17.8 Å². The molecule has 1 amide bonds. The Hall–Kier alpha value is -1.32. The van der Waals surface area contributed by atoms with Gasteiger partial charge in [-0.15, -0.1) is 6.58 Å². The van der Waals surface area contributed by atoms with Gasteiger partial charge in [-0.1, -0.05) is 13.0 Å². The Balaban J connectivity index is 2.72. The molecule has 19 heavy (non-hydrogen) atoms. The van der Waals surface area contributed by atoms with Crippen LogP contribution in [-0.2, 0) is 14.3 Å². The second kappa shape index (κ2) is 6.22. The van der Waals surface area contributed by atoms with E-state index in [1.54, 1.807) is 4.90 Å². The average Bonchev–Trinajstić information content (AvgIpc) is 2.59. The van der Waals surface area contributed by atoms with E-state index in [1.807, 2.05) is 33.8 Å². The second-order valence-corrected chi connectivity index (χ2v) is 6.10. The van der Waals surface area contributed by atoms with Crippen LogP contribution in [-0.4, -0.2) is 35.0 Å². The van der Waals surface area contributed by atoms with Gasteiger partial charge in [-0.05, 0) is 39.5 Å². The van der Waals surface area contributed by atoms with Gasteiger partial charge in [-0.2, -0.15) is 0 Å². The zero-order valence-corrected chi connectivity index (χ0v) is 12.4. The molecule has 4 heteroatoms. The smallest absolute Gasteiger partial charge is 0.329 e. The van der Waals surface area contributed by atoms with E-state index in [0.717, 1.165) is 6.42 Å². The van der Waals surface area contributed by atoms with Gasteiger partial charge < -0.3 is 9.64 Å². The molecule has 1 aliphatic heterocycles. The highest BCUT2D eigenvalue weighted by molar-refractivity contribution is 5.86. The highest BCUT2D eigenvalue weighted by Crippen LogP contribution is 2.25. The summed E-state index contributed by atoms with van der Waals surface area (Å²) < 4.78 is 5.39. The number of likely N-dealkylation sites (tertiary alicyclic amines) is 1. The molecule has 1 heterocycles. The monoisotopic (exact) mass is 267 g/mol. The van der Waals surface area contributed by atoms with Gasteiger partial charge in [-0.25, -0.2) is 4.79 Å². The molecule has 108 valence electrons. The summed E-state index contributed by atoms with van der Waals surface area (Å²) in [5, 5.41) is 0. The largest absolute Gasteiger partial charge is 0.458 e. The first-order valence-electron chi connectivity index (χ1n) is 6.91. The van der Waals surface area contributed by atoms with Crippen molar-refractivity contribution in [3.05, 3.63) is 12.7 Å². The maximum Gasteiger partial charge on any atom is 0.329 e. The van der Waals surface area contributed by atoms with Crippen LogP contribution in [0.15, 0.2) is 12.7 Å². The third-order valence-corrected chi connectivity index (χ3v) is 3.18. The lowest BCUT2D eigenvalue weighted by atomic mass is 10.1. The SMILES string of the molecule is C=CCC1CC(=O)N(C(CC)C(=O)OC(C)(C)C)C1. The Morgan fingerprint density at radius 3 is 2.68 bits per heavy atom. The summed E-state index contributed by atoms with van der Waals surface area (Å²) in [6, 6.07) is -0.457. The average molecular weight is 267 g/mol. The van der Waals surface area contributed by atoms with Crippen LogP contribution in [0, 0.1) is 5.92 Å². The second-order valence-electron chi connectivity index (χ2n) is 6.10. The quantitative estimate of drug-likeness (QED) is 0.568. The number of hydrogen-bond donors (Lipinski definition) is 0. The van der Waals surface area contributed by atoms with Crippen LogP contribution in [0.4, 0.5) is 0 Å². The van der Waals surface area contributed by atoms with Crippen LogP contribution in [0.1, 0.15) is 47.0 Å². The van der Waals surface area contributed by atoms with Gasteiger partial charge in [0.25, 0.3) is 0 Å². The number of ether oxygens (including phenoxy) is 1. The van der Waals surface area contributed by atoms with Crippen LogP contribution < -0.4 is 0 Å². The Labute approximate surface area is 115 Å². The third kappa shape index (κ3) is 4.37. The van der Waals surface area contributed by atoms with Crippen LogP contribution in [0.5, 0.6) is 0 Å². The first-order valence-corrected chi connectivity index (χ1v) is 6.91. The molecule has 0 radical (unpaired) electrons. The van der Waals surface area contributed by atoms with Gasteiger partial charge in [-0.3, -0.25) is 4.79 Å². The van der Waals surface area contributed by atoms with Crippen molar-refractivity contribution < 1.29 is 14.3 Å². The Bertz CT molecular complexity index is 357. The van der Waals surface area contributed by atoms with Gasteiger partial charge >= 0.3 is 5.97 Å². The lowest BCUT2D eigenvalue weighted by molar-refractivity contribution is -0.163. The van der Waals surface area contributed by atoms with Crippen molar-refractivity contribution in [1.29, 1.82) is 0 Å². The summed E-state index contributed by atoms with van der Waals surface area (Å²) >= 11 is 0. The van der Waals surface area contributed by atoms with E-state index in [2.05, 4.69) is 6.58 Å². The molecule has 4 nitrogen and oxygen atoms in total. The number of rotatable bonds is 5. The van der Waals surface area contributed by atoms with E-state index in [4.69, 9.17) is 4.74 Å². The van der Waals surface area contributed by atoms with E-state index in [1.165, 1.54) is 0 Å². The number of hydrogen-bond acceptors (Lipinski definition) is 3. The van der Waals surface area contributed by atoms with Crippen molar-refractivity contribution in [2.24, 2.45) is 5.92 Å². The van der Waals surface area contributed by atoms with Crippen molar-refractivity contribution in [3.8, 4) is 0 Å².